The van der Waals surface area contributed by atoms with Gasteiger partial charge in [-0.05, 0) is 28.9 Å². The first-order chi connectivity index (χ1) is 5.66. The smallest absolute Gasteiger partial charge is 0.179 e. The minimum atomic E-state index is -0.108. The Morgan fingerprint density at radius 1 is 1.67 bits per heavy atom. The highest BCUT2D eigenvalue weighted by Crippen LogP contribution is 2.24. The van der Waals surface area contributed by atoms with Crippen LogP contribution in [-0.2, 0) is 9.53 Å². The van der Waals surface area contributed by atoms with Crippen LogP contribution in [0.4, 0.5) is 0 Å². The molecule has 0 radical (unpaired) electrons. The predicted octanol–water partition coefficient (Wildman–Crippen LogP) is 2.40. The van der Waals surface area contributed by atoms with Gasteiger partial charge in [0, 0.05) is 0 Å². The summed E-state index contributed by atoms with van der Waals surface area (Å²) in [4.78, 5) is 11.4. The molecule has 3 heteroatoms. The molecule has 0 saturated heterocycles. The highest BCUT2D eigenvalue weighted by atomic mass is 79.9. The van der Waals surface area contributed by atoms with Crippen LogP contribution in [0.3, 0.4) is 0 Å². The predicted molar refractivity (Wildman–Crippen MR) is 50.9 cm³/mol. The summed E-state index contributed by atoms with van der Waals surface area (Å²) in [5.74, 6) is 0.00456. The Morgan fingerprint density at radius 2 is 2.33 bits per heavy atom. The Labute approximate surface area is 80.4 Å². The van der Waals surface area contributed by atoms with Crippen molar-refractivity contribution in [1.29, 1.82) is 0 Å². The largest absolute Gasteiger partial charge is 0.492 e. The van der Waals surface area contributed by atoms with Gasteiger partial charge in [0.05, 0.1) is 10.4 Å². The molecule has 0 N–H and O–H groups in total. The zero-order chi connectivity index (χ0) is 9.14. The van der Waals surface area contributed by atoms with Crippen LogP contribution in [0.15, 0.2) is 22.9 Å². The van der Waals surface area contributed by atoms with E-state index in [4.69, 9.17) is 4.74 Å². The zero-order valence-electron chi connectivity index (χ0n) is 7.08. The van der Waals surface area contributed by atoms with E-state index < -0.39 is 0 Å². The molecule has 1 heterocycles. The number of hydrogen-bond donors (Lipinski definition) is 0. The Kier molecular flexibility index (Phi) is 3.09. The van der Waals surface area contributed by atoms with Crippen molar-refractivity contribution >= 4 is 21.7 Å². The second-order valence-corrected chi connectivity index (χ2v) is 3.60. The van der Waals surface area contributed by atoms with Crippen molar-refractivity contribution in [3.8, 4) is 0 Å². The van der Waals surface area contributed by atoms with E-state index in [1.54, 1.807) is 0 Å². The van der Waals surface area contributed by atoms with E-state index >= 15 is 0 Å². The standard InChI is InChI=1S/C9H11BrO2/c1-3-4-8-6(2)9(11)7(10)5-12-8/h3-6,8H,1-2H3/b4-3+/t6-,8+/m1/s1. The summed E-state index contributed by atoms with van der Waals surface area (Å²) < 4.78 is 5.82. The van der Waals surface area contributed by atoms with Crippen molar-refractivity contribution in [2.45, 2.75) is 20.0 Å². The molecular formula is C9H11BrO2. The summed E-state index contributed by atoms with van der Waals surface area (Å²) in [6, 6.07) is 0. The molecule has 2 atom stereocenters. The van der Waals surface area contributed by atoms with E-state index in [-0.39, 0.29) is 17.8 Å². The minimum Gasteiger partial charge on any atom is -0.492 e. The first-order valence-corrected chi connectivity index (χ1v) is 4.64. The fourth-order valence-electron chi connectivity index (χ4n) is 1.08. The molecule has 0 aromatic heterocycles. The van der Waals surface area contributed by atoms with Gasteiger partial charge in [-0.1, -0.05) is 13.0 Å². The van der Waals surface area contributed by atoms with Crippen LogP contribution in [0.25, 0.3) is 0 Å². The summed E-state index contributed by atoms with van der Waals surface area (Å²) in [6.07, 6.45) is 5.14. The van der Waals surface area contributed by atoms with Crippen LogP contribution in [-0.4, -0.2) is 11.9 Å². The molecule has 0 saturated carbocycles. The topological polar surface area (TPSA) is 26.3 Å². The third kappa shape index (κ3) is 1.78. The van der Waals surface area contributed by atoms with E-state index in [2.05, 4.69) is 15.9 Å². The monoisotopic (exact) mass is 230 g/mol. The first kappa shape index (κ1) is 9.52. The number of Topliss-reactive ketones (excluding diaryl/α,β-unsaturated/α-hetero) is 1. The molecule has 2 nitrogen and oxygen atoms in total. The maximum atomic E-state index is 11.4. The lowest BCUT2D eigenvalue weighted by molar-refractivity contribution is -0.122. The van der Waals surface area contributed by atoms with E-state index in [0.29, 0.717) is 4.48 Å². The number of halogens is 1. The number of allylic oxidation sites excluding steroid dienone is 2. The Balaban J connectivity index is 2.80. The van der Waals surface area contributed by atoms with Gasteiger partial charge >= 0.3 is 0 Å². The minimum absolute atomic E-state index is 0.0967. The molecule has 0 fully saturated rings. The normalized spacial score (nSPS) is 30.2. The van der Waals surface area contributed by atoms with E-state index in [9.17, 15) is 4.79 Å². The lowest BCUT2D eigenvalue weighted by atomic mass is 9.97. The highest BCUT2D eigenvalue weighted by molar-refractivity contribution is 9.12. The van der Waals surface area contributed by atoms with Crippen LogP contribution >= 0.6 is 15.9 Å². The maximum absolute atomic E-state index is 11.4. The fraction of sp³-hybridized carbons (Fsp3) is 0.444. The van der Waals surface area contributed by atoms with Gasteiger partial charge in [-0.25, -0.2) is 0 Å². The molecule has 0 aromatic carbocycles. The summed E-state index contributed by atoms with van der Waals surface area (Å²) in [5.41, 5.74) is 0. The molecule has 1 aliphatic heterocycles. The third-order valence-corrected chi connectivity index (χ3v) is 2.43. The van der Waals surface area contributed by atoms with Crippen molar-refractivity contribution in [2.24, 2.45) is 5.92 Å². The summed E-state index contributed by atoms with van der Waals surface area (Å²) >= 11 is 3.14. The second-order valence-electron chi connectivity index (χ2n) is 2.75. The van der Waals surface area contributed by atoms with Gasteiger partial charge in [-0.3, -0.25) is 4.79 Å². The SMILES string of the molecule is C/C=C/[C@@H]1OC=C(Br)C(=O)[C@@H]1C. The number of ether oxygens (including phenoxy) is 1. The van der Waals surface area contributed by atoms with Crippen molar-refractivity contribution in [2.75, 3.05) is 0 Å². The van der Waals surface area contributed by atoms with E-state index in [1.165, 1.54) is 6.26 Å². The van der Waals surface area contributed by atoms with Crippen LogP contribution in [0.5, 0.6) is 0 Å². The lowest BCUT2D eigenvalue weighted by Gasteiger charge is -2.23. The molecule has 0 aliphatic carbocycles. The quantitative estimate of drug-likeness (QED) is 0.647. The van der Waals surface area contributed by atoms with Gasteiger partial charge in [0.1, 0.15) is 12.4 Å². The molecule has 1 aliphatic rings. The number of carbonyl (C=O) groups is 1. The number of rotatable bonds is 1. The molecule has 12 heavy (non-hydrogen) atoms. The molecule has 0 unspecified atom stereocenters. The summed E-state index contributed by atoms with van der Waals surface area (Å²) in [6.45, 7) is 3.77. The van der Waals surface area contributed by atoms with Gasteiger partial charge in [-0.2, -0.15) is 0 Å². The summed E-state index contributed by atoms with van der Waals surface area (Å²) in [5, 5.41) is 0. The highest BCUT2D eigenvalue weighted by Gasteiger charge is 2.28. The molecule has 1 rings (SSSR count). The third-order valence-electron chi connectivity index (χ3n) is 1.85. The van der Waals surface area contributed by atoms with Crippen molar-refractivity contribution in [1.82, 2.24) is 0 Å². The molecule has 0 bridgehead atoms. The van der Waals surface area contributed by atoms with E-state index in [1.807, 2.05) is 26.0 Å². The van der Waals surface area contributed by atoms with Gasteiger partial charge in [0.25, 0.3) is 0 Å². The molecule has 0 spiro atoms. The lowest BCUT2D eigenvalue weighted by Crippen LogP contribution is -2.29. The molecule has 0 aromatic rings. The Bertz CT molecular complexity index is 243. The Morgan fingerprint density at radius 3 is 2.92 bits per heavy atom. The number of hydrogen-bond acceptors (Lipinski definition) is 2. The van der Waals surface area contributed by atoms with Crippen LogP contribution in [0, 0.1) is 5.92 Å². The molecule has 66 valence electrons. The first-order valence-electron chi connectivity index (χ1n) is 3.85. The van der Waals surface area contributed by atoms with Gasteiger partial charge in [0.15, 0.2) is 5.78 Å². The van der Waals surface area contributed by atoms with Crippen molar-refractivity contribution in [3.05, 3.63) is 22.9 Å². The van der Waals surface area contributed by atoms with E-state index in [0.717, 1.165) is 0 Å². The maximum Gasteiger partial charge on any atom is 0.179 e. The average Bonchev–Trinajstić information content (AvgIpc) is 2.07. The van der Waals surface area contributed by atoms with Crippen molar-refractivity contribution < 1.29 is 9.53 Å². The van der Waals surface area contributed by atoms with Crippen LogP contribution in [0.2, 0.25) is 0 Å². The fourth-order valence-corrected chi connectivity index (χ4v) is 1.55. The van der Waals surface area contributed by atoms with Gasteiger partial charge in [-0.15, -0.1) is 0 Å². The average molecular weight is 231 g/mol. The van der Waals surface area contributed by atoms with Crippen LogP contribution < -0.4 is 0 Å². The van der Waals surface area contributed by atoms with Gasteiger partial charge < -0.3 is 4.74 Å². The molecular weight excluding hydrogens is 220 g/mol. The summed E-state index contributed by atoms with van der Waals surface area (Å²) in [7, 11) is 0. The molecule has 0 amide bonds. The number of ketones is 1. The van der Waals surface area contributed by atoms with Gasteiger partial charge in [0.2, 0.25) is 0 Å². The zero-order valence-corrected chi connectivity index (χ0v) is 8.67. The Hall–Kier alpha value is -0.570. The van der Waals surface area contributed by atoms with Crippen molar-refractivity contribution in [3.63, 3.8) is 0 Å². The van der Waals surface area contributed by atoms with Crippen LogP contribution in [0.1, 0.15) is 13.8 Å². The number of carbonyl (C=O) groups excluding carboxylic acids is 1. The second kappa shape index (κ2) is 3.90.